The number of amides is 1. The molecule has 5 nitrogen and oxygen atoms in total. The van der Waals surface area contributed by atoms with Gasteiger partial charge in [-0.15, -0.1) is 35.1 Å². The Labute approximate surface area is 200 Å². The normalized spacial score (nSPS) is 13.2. The Morgan fingerprint density at radius 3 is 2.61 bits per heavy atom. The third-order valence-corrected chi connectivity index (χ3v) is 7.25. The number of nitrogens with one attached hydrogen (secondary N) is 1. The molecule has 0 saturated carbocycles. The molecule has 31 heavy (non-hydrogen) atoms. The van der Waals surface area contributed by atoms with Crippen molar-refractivity contribution in [3.63, 3.8) is 0 Å². The minimum Gasteiger partial charge on any atom is -0.462 e. The fraction of sp³-hybridized carbons (Fsp3) is 0.273. The van der Waals surface area contributed by atoms with Gasteiger partial charge in [-0.25, -0.2) is 4.79 Å². The molecule has 0 unspecified atom stereocenters. The van der Waals surface area contributed by atoms with E-state index in [-0.39, 0.29) is 30.9 Å². The van der Waals surface area contributed by atoms with E-state index in [1.165, 1.54) is 28.2 Å². The summed E-state index contributed by atoms with van der Waals surface area (Å²) in [7, 11) is 0. The first-order valence-corrected chi connectivity index (χ1v) is 11.7. The summed E-state index contributed by atoms with van der Waals surface area (Å²) in [6.07, 6.45) is 0.744. The maximum Gasteiger partial charge on any atom is 0.341 e. The van der Waals surface area contributed by atoms with E-state index in [0.29, 0.717) is 19.8 Å². The fourth-order valence-corrected chi connectivity index (χ4v) is 5.75. The SMILES string of the molecule is CCOC(=O)c1c(NC(=O)c2ccc(Cl)s2)sc2c1CCN(Cc1ccccc1)C2.Cl. The molecule has 0 fully saturated rings. The van der Waals surface area contributed by atoms with E-state index >= 15 is 0 Å². The Balaban J connectivity index is 0.00000272. The number of rotatable bonds is 6. The minimum atomic E-state index is -0.383. The van der Waals surface area contributed by atoms with Gasteiger partial charge in [-0.1, -0.05) is 41.9 Å². The lowest BCUT2D eigenvalue weighted by Crippen LogP contribution is -2.29. The summed E-state index contributed by atoms with van der Waals surface area (Å²) in [5.41, 5.74) is 2.74. The first-order valence-electron chi connectivity index (χ1n) is 9.69. The summed E-state index contributed by atoms with van der Waals surface area (Å²) in [6.45, 7) is 4.50. The molecular weight excluding hydrogens is 475 g/mol. The number of fused-ring (bicyclic) bond motifs is 1. The molecule has 0 radical (unpaired) electrons. The molecule has 3 aromatic rings. The van der Waals surface area contributed by atoms with Crippen molar-refractivity contribution in [2.75, 3.05) is 18.5 Å². The van der Waals surface area contributed by atoms with Crippen molar-refractivity contribution in [1.82, 2.24) is 4.90 Å². The second kappa shape index (κ2) is 10.6. The van der Waals surface area contributed by atoms with Crippen LogP contribution in [0.1, 0.15) is 43.0 Å². The van der Waals surface area contributed by atoms with Crippen molar-refractivity contribution < 1.29 is 14.3 Å². The van der Waals surface area contributed by atoms with E-state index in [1.807, 2.05) is 18.2 Å². The van der Waals surface area contributed by atoms with Crippen LogP contribution in [0.2, 0.25) is 4.34 Å². The largest absolute Gasteiger partial charge is 0.462 e. The summed E-state index contributed by atoms with van der Waals surface area (Å²) in [6, 6.07) is 13.7. The van der Waals surface area contributed by atoms with Gasteiger partial charge in [-0.2, -0.15) is 0 Å². The lowest BCUT2D eigenvalue weighted by atomic mass is 10.0. The maximum absolute atomic E-state index is 12.7. The van der Waals surface area contributed by atoms with Crippen LogP contribution in [0.25, 0.3) is 0 Å². The number of thiophene rings is 2. The van der Waals surface area contributed by atoms with Gasteiger partial charge in [0.2, 0.25) is 0 Å². The van der Waals surface area contributed by atoms with Gasteiger partial charge in [-0.3, -0.25) is 9.69 Å². The monoisotopic (exact) mass is 496 g/mol. The van der Waals surface area contributed by atoms with E-state index in [2.05, 4.69) is 22.3 Å². The zero-order valence-corrected chi connectivity index (χ0v) is 20.1. The average Bonchev–Trinajstić information content (AvgIpc) is 3.32. The van der Waals surface area contributed by atoms with E-state index in [9.17, 15) is 9.59 Å². The molecule has 0 spiro atoms. The van der Waals surface area contributed by atoms with E-state index < -0.39 is 0 Å². The fourth-order valence-electron chi connectivity index (χ4n) is 3.54. The molecule has 0 bridgehead atoms. The highest BCUT2D eigenvalue weighted by molar-refractivity contribution is 7.18. The molecule has 3 heterocycles. The van der Waals surface area contributed by atoms with Crippen molar-refractivity contribution in [3.05, 3.63) is 73.2 Å². The van der Waals surface area contributed by atoms with Crippen LogP contribution in [0.15, 0.2) is 42.5 Å². The van der Waals surface area contributed by atoms with Crippen molar-refractivity contribution in [1.29, 1.82) is 0 Å². The highest BCUT2D eigenvalue weighted by atomic mass is 35.5. The number of benzene rings is 1. The van der Waals surface area contributed by atoms with Gasteiger partial charge in [0, 0.05) is 24.5 Å². The zero-order chi connectivity index (χ0) is 21.1. The van der Waals surface area contributed by atoms with Crippen LogP contribution in [-0.4, -0.2) is 29.9 Å². The molecular formula is C22H22Cl2N2O3S2. The molecule has 164 valence electrons. The lowest BCUT2D eigenvalue weighted by molar-refractivity contribution is 0.0526. The molecule has 4 rings (SSSR count). The lowest BCUT2D eigenvalue weighted by Gasteiger charge is -2.27. The number of carbonyl (C=O) groups is 2. The molecule has 2 aromatic heterocycles. The molecule has 1 aliphatic heterocycles. The van der Waals surface area contributed by atoms with Crippen LogP contribution >= 0.6 is 46.7 Å². The standard InChI is InChI=1S/C22H21ClN2O3S2.ClH/c1-2-28-22(27)19-15-10-11-25(12-14-6-4-3-5-7-14)13-17(15)30-21(19)24-20(26)16-8-9-18(23)29-16;/h3-9H,2,10-13H2,1H3,(H,24,26);1H. The molecule has 1 aromatic carbocycles. The van der Waals surface area contributed by atoms with Gasteiger partial charge in [-0.05, 0) is 36.6 Å². The maximum atomic E-state index is 12.7. The smallest absolute Gasteiger partial charge is 0.341 e. The van der Waals surface area contributed by atoms with Crippen LogP contribution < -0.4 is 5.32 Å². The van der Waals surface area contributed by atoms with E-state index in [1.54, 1.807) is 19.1 Å². The van der Waals surface area contributed by atoms with Crippen LogP contribution in [0.3, 0.4) is 0 Å². The van der Waals surface area contributed by atoms with Crippen molar-refractivity contribution in [2.24, 2.45) is 0 Å². The third kappa shape index (κ3) is 5.48. The number of nitrogens with zero attached hydrogens (tertiary/aromatic N) is 1. The van der Waals surface area contributed by atoms with E-state index in [0.717, 1.165) is 36.5 Å². The summed E-state index contributed by atoms with van der Waals surface area (Å²) in [4.78, 5) is 29.3. The molecule has 0 atom stereocenters. The Morgan fingerprint density at radius 1 is 1.16 bits per heavy atom. The molecule has 9 heteroatoms. The highest BCUT2D eigenvalue weighted by Crippen LogP contribution is 2.38. The first kappa shape index (κ1) is 23.8. The minimum absolute atomic E-state index is 0. The Morgan fingerprint density at radius 2 is 1.94 bits per heavy atom. The second-order valence-corrected chi connectivity index (χ2v) is 9.75. The summed E-state index contributed by atoms with van der Waals surface area (Å²) < 4.78 is 5.84. The van der Waals surface area contributed by atoms with Crippen LogP contribution in [0.4, 0.5) is 5.00 Å². The number of anilines is 1. The summed E-state index contributed by atoms with van der Waals surface area (Å²) in [5, 5.41) is 3.46. The van der Waals surface area contributed by atoms with Gasteiger partial charge < -0.3 is 10.1 Å². The molecule has 1 aliphatic rings. The predicted octanol–water partition coefficient (Wildman–Crippen LogP) is 5.87. The number of ether oxygens (including phenoxy) is 1. The number of carbonyl (C=O) groups excluding carboxylic acids is 2. The number of esters is 1. The molecule has 1 N–H and O–H groups in total. The Hall–Kier alpha value is -1.90. The van der Waals surface area contributed by atoms with Gasteiger partial charge in [0.05, 0.1) is 21.4 Å². The highest BCUT2D eigenvalue weighted by Gasteiger charge is 2.29. The Bertz CT molecular complexity index is 1070. The summed E-state index contributed by atoms with van der Waals surface area (Å²) >= 11 is 8.62. The summed E-state index contributed by atoms with van der Waals surface area (Å²) in [5.74, 6) is -0.650. The van der Waals surface area contributed by atoms with Crippen LogP contribution in [0, 0.1) is 0 Å². The van der Waals surface area contributed by atoms with Gasteiger partial charge in [0.15, 0.2) is 0 Å². The quantitative estimate of drug-likeness (QED) is 0.433. The van der Waals surface area contributed by atoms with Crippen LogP contribution in [-0.2, 0) is 24.2 Å². The van der Waals surface area contributed by atoms with E-state index in [4.69, 9.17) is 16.3 Å². The van der Waals surface area contributed by atoms with Gasteiger partial charge in [0.25, 0.3) is 5.91 Å². The Kier molecular flexibility index (Phi) is 8.13. The number of halogens is 2. The number of hydrogen-bond acceptors (Lipinski definition) is 6. The zero-order valence-electron chi connectivity index (χ0n) is 16.9. The van der Waals surface area contributed by atoms with Gasteiger partial charge in [0.1, 0.15) is 5.00 Å². The predicted molar refractivity (Wildman–Crippen MR) is 129 cm³/mol. The van der Waals surface area contributed by atoms with Crippen molar-refractivity contribution in [2.45, 2.75) is 26.4 Å². The average molecular weight is 497 g/mol. The molecule has 1 amide bonds. The third-order valence-electron chi connectivity index (χ3n) is 4.89. The first-order chi connectivity index (χ1) is 14.5. The second-order valence-electron chi connectivity index (χ2n) is 6.93. The topological polar surface area (TPSA) is 58.6 Å². The molecule has 0 aliphatic carbocycles. The van der Waals surface area contributed by atoms with Crippen LogP contribution in [0.5, 0.6) is 0 Å². The van der Waals surface area contributed by atoms with Gasteiger partial charge >= 0.3 is 5.97 Å². The number of hydrogen-bond donors (Lipinski definition) is 1. The van der Waals surface area contributed by atoms with Crippen molar-refractivity contribution >= 4 is 63.6 Å². The van der Waals surface area contributed by atoms with Crippen molar-refractivity contribution in [3.8, 4) is 0 Å². The molecule has 0 saturated heterocycles.